The Morgan fingerprint density at radius 1 is 0.822 bits per heavy atom. The quantitative estimate of drug-likeness (QED) is 0.117. The Kier molecular flexibility index (Phi) is 9.43. The van der Waals surface area contributed by atoms with Gasteiger partial charge in [-0.1, -0.05) is 54.6 Å². The molecule has 2 atom stereocenters. The van der Waals surface area contributed by atoms with E-state index in [4.69, 9.17) is 4.74 Å². The summed E-state index contributed by atoms with van der Waals surface area (Å²) in [5.74, 6) is -6.58. The minimum atomic E-state index is -6.64. The van der Waals surface area contributed by atoms with Crippen LogP contribution in [-0.2, 0) is 30.5 Å². The smallest absolute Gasteiger partial charge is 0.396 e. The lowest BCUT2D eigenvalue weighted by Gasteiger charge is -2.59. The van der Waals surface area contributed by atoms with Crippen molar-refractivity contribution in [3.05, 3.63) is 91.0 Å². The van der Waals surface area contributed by atoms with Gasteiger partial charge in [-0.05, 0) is 86.8 Å². The van der Waals surface area contributed by atoms with Crippen LogP contribution in [0.4, 0.5) is 17.6 Å². The van der Waals surface area contributed by atoms with Gasteiger partial charge in [0.2, 0.25) is 0 Å². The number of esters is 1. The third kappa shape index (κ3) is 7.40. The normalized spacial score (nSPS) is 25.8. The first kappa shape index (κ1) is 33.4. The predicted molar refractivity (Wildman–Crippen MR) is 159 cm³/mol. The third-order valence-corrected chi connectivity index (χ3v) is 11.9. The van der Waals surface area contributed by atoms with E-state index in [0.29, 0.717) is 32.1 Å². The van der Waals surface area contributed by atoms with Gasteiger partial charge in [-0.2, -0.15) is 17.6 Å². The zero-order valence-electron chi connectivity index (χ0n) is 24.3. The molecule has 2 unspecified atom stereocenters. The fourth-order valence-corrected chi connectivity index (χ4v) is 9.94. The lowest BCUT2D eigenvalue weighted by Crippen LogP contribution is -2.57. The number of hydrogen-bond acceptors (Lipinski definition) is 6. The van der Waals surface area contributed by atoms with Crippen molar-refractivity contribution in [2.24, 2.45) is 17.3 Å². The van der Waals surface area contributed by atoms with Crippen molar-refractivity contribution in [1.29, 1.82) is 0 Å². The van der Waals surface area contributed by atoms with Crippen LogP contribution in [0.25, 0.3) is 0 Å². The second-order valence-electron chi connectivity index (χ2n) is 12.4. The highest BCUT2D eigenvalue weighted by atomic mass is 32.2. The number of alkyl halides is 4. The van der Waals surface area contributed by atoms with Gasteiger partial charge in [-0.3, -0.25) is 4.79 Å². The van der Waals surface area contributed by atoms with Crippen molar-refractivity contribution in [2.75, 3.05) is 6.61 Å². The van der Waals surface area contributed by atoms with Gasteiger partial charge in [0.25, 0.3) is 0 Å². The molecule has 0 amide bonds. The summed E-state index contributed by atoms with van der Waals surface area (Å²) in [5.41, 5.74) is -1.44. The molecule has 0 spiro atoms. The first-order valence-corrected chi connectivity index (χ1v) is 17.2. The highest BCUT2D eigenvalue weighted by Gasteiger charge is 2.63. The van der Waals surface area contributed by atoms with Gasteiger partial charge in [0.1, 0.15) is 6.42 Å². The van der Waals surface area contributed by atoms with Crippen LogP contribution in [-0.4, -0.2) is 47.4 Å². The van der Waals surface area contributed by atoms with E-state index < -0.39 is 44.7 Å². The van der Waals surface area contributed by atoms with Gasteiger partial charge in [0, 0.05) is 5.41 Å². The minimum Gasteiger partial charge on any atom is -0.743 e. The molecule has 0 heterocycles. The summed E-state index contributed by atoms with van der Waals surface area (Å²) in [5, 5.41) is 4.65. The molecule has 0 saturated heterocycles. The summed E-state index contributed by atoms with van der Waals surface area (Å²) in [4.78, 5) is 15.7. The Labute approximate surface area is 262 Å². The maximum absolute atomic E-state index is 13.4. The highest BCUT2D eigenvalue weighted by Crippen LogP contribution is 2.61. The van der Waals surface area contributed by atoms with E-state index in [0.717, 1.165) is 6.42 Å². The average Bonchev–Trinajstić information content (AvgIpc) is 2.96. The van der Waals surface area contributed by atoms with Crippen LogP contribution >= 0.6 is 0 Å². The van der Waals surface area contributed by atoms with Crippen LogP contribution in [0.3, 0.4) is 0 Å². The second kappa shape index (κ2) is 12.7. The molecule has 3 aromatic carbocycles. The Hall–Kier alpha value is -2.93. The molecule has 6 nitrogen and oxygen atoms in total. The lowest BCUT2D eigenvalue weighted by molar-refractivity contribution is -0.198. The molecule has 4 saturated carbocycles. The third-order valence-electron chi connectivity index (χ3n) is 8.73. The molecule has 12 heteroatoms. The molecule has 7 rings (SSSR count). The van der Waals surface area contributed by atoms with E-state index in [2.05, 4.69) is 91.0 Å². The van der Waals surface area contributed by atoms with Gasteiger partial charge in [0.15, 0.2) is 24.8 Å². The summed E-state index contributed by atoms with van der Waals surface area (Å²) in [6, 6.07) is 32.2. The van der Waals surface area contributed by atoms with Crippen molar-refractivity contribution in [1.82, 2.24) is 0 Å². The van der Waals surface area contributed by atoms with Crippen molar-refractivity contribution in [3.8, 4) is 0 Å². The van der Waals surface area contributed by atoms with Crippen molar-refractivity contribution >= 4 is 27.0 Å². The molecular weight excluding hydrogens is 632 g/mol. The Morgan fingerprint density at radius 3 is 1.62 bits per heavy atom. The van der Waals surface area contributed by atoms with E-state index >= 15 is 0 Å². The van der Waals surface area contributed by atoms with E-state index in [1.807, 2.05) is 0 Å². The van der Waals surface area contributed by atoms with Gasteiger partial charge in [0.05, 0.1) is 23.1 Å². The number of carbonyl (C=O) groups excluding carboxylic acids is 1. The molecule has 0 aromatic heterocycles. The van der Waals surface area contributed by atoms with E-state index in [9.17, 15) is 40.4 Å². The molecule has 4 aliphatic carbocycles. The molecule has 45 heavy (non-hydrogen) atoms. The molecular formula is C33H34F4O6S2. The summed E-state index contributed by atoms with van der Waals surface area (Å²) in [7, 11) is -6.65. The van der Waals surface area contributed by atoms with Crippen LogP contribution in [0.5, 0.6) is 0 Å². The summed E-state index contributed by atoms with van der Waals surface area (Å²) in [6.45, 7) is -0.299. The fraction of sp³-hybridized carbons (Fsp3) is 0.424. The number of benzene rings is 3. The van der Waals surface area contributed by atoms with E-state index in [1.54, 1.807) is 0 Å². The van der Waals surface area contributed by atoms with Crippen LogP contribution in [0, 0.1) is 17.3 Å². The Morgan fingerprint density at radius 2 is 1.24 bits per heavy atom. The lowest BCUT2D eigenvalue weighted by atomic mass is 9.48. The topological polar surface area (TPSA) is 104 Å². The number of carbonyl (C=O) groups is 1. The van der Waals surface area contributed by atoms with Gasteiger partial charge >= 0.3 is 17.1 Å². The number of rotatable bonds is 9. The fourth-order valence-electron chi connectivity index (χ4n) is 7.40. The second-order valence-corrected chi connectivity index (χ2v) is 15.9. The first-order valence-electron chi connectivity index (χ1n) is 14.6. The minimum absolute atomic E-state index is 0.0146. The molecule has 1 N–H and O–H groups in total. The highest BCUT2D eigenvalue weighted by molar-refractivity contribution is 7.97. The molecule has 4 aliphatic rings. The van der Waals surface area contributed by atoms with Gasteiger partial charge in [-0.25, -0.2) is 8.42 Å². The summed E-state index contributed by atoms with van der Waals surface area (Å²) in [6.07, 6.45) is 1.68. The van der Waals surface area contributed by atoms with Crippen LogP contribution in [0.1, 0.15) is 44.9 Å². The van der Waals surface area contributed by atoms with Gasteiger partial charge in [-0.15, -0.1) is 0 Å². The number of aliphatic hydroxyl groups is 1. The van der Waals surface area contributed by atoms with Crippen molar-refractivity contribution < 1.29 is 45.2 Å². The largest absolute Gasteiger partial charge is 0.743 e. The Bertz CT molecular complexity index is 1460. The zero-order chi connectivity index (χ0) is 32.5. The SMILES string of the molecule is O=C(CC(F)(F)C(F)(F)S(=O)(=O)[O-])OCC12CC3CC(CC(O)(C3)C1)C2.c1ccc([S+](c2ccccc2)c2ccccc2)cc1. The maximum atomic E-state index is 13.4. The molecule has 0 radical (unpaired) electrons. The molecule has 242 valence electrons. The summed E-state index contributed by atoms with van der Waals surface area (Å²) >= 11 is 0. The van der Waals surface area contributed by atoms with Crippen molar-refractivity contribution in [2.45, 2.75) is 76.4 Å². The molecule has 4 bridgehead atoms. The molecule has 0 aliphatic heterocycles. The van der Waals surface area contributed by atoms with Crippen LogP contribution in [0.2, 0.25) is 0 Å². The number of hydrogen-bond donors (Lipinski definition) is 1. The average molecular weight is 667 g/mol. The predicted octanol–water partition coefficient (Wildman–Crippen LogP) is 6.81. The Balaban J connectivity index is 0.000000186. The van der Waals surface area contributed by atoms with Crippen molar-refractivity contribution in [3.63, 3.8) is 0 Å². The molecule has 3 aromatic rings. The van der Waals surface area contributed by atoms with Crippen LogP contribution < -0.4 is 0 Å². The maximum Gasteiger partial charge on any atom is 0.396 e. The van der Waals surface area contributed by atoms with E-state index in [-0.39, 0.29) is 29.3 Å². The number of halogens is 4. The standard InChI is InChI=1S/C18H15S.C15H20F4O6S/c1-4-10-16(11-5-1)19(17-12-6-2-7-13-17)18-14-8-3-9-15-18;16-14(17,15(18,19)26(22,23)24)6-11(20)25-8-12-2-9-1-10(3-12)5-13(21,4-9)7-12/h1-15H;9-10,21H,1-8H2,(H,22,23,24)/q+1;/p-1. The monoisotopic (exact) mass is 666 g/mol. The first-order chi connectivity index (χ1) is 21.1. The van der Waals surface area contributed by atoms with Crippen LogP contribution in [0.15, 0.2) is 106 Å². The number of ether oxygens (including phenoxy) is 1. The van der Waals surface area contributed by atoms with E-state index in [1.165, 1.54) is 14.7 Å². The summed E-state index contributed by atoms with van der Waals surface area (Å²) < 4.78 is 88.8. The molecule has 4 fully saturated rings. The zero-order valence-corrected chi connectivity index (χ0v) is 25.9. The van der Waals surface area contributed by atoms with Gasteiger partial charge < -0.3 is 14.4 Å².